The van der Waals surface area contributed by atoms with Crippen LogP contribution in [0.25, 0.3) is 11.1 Å². The second kappa shape index (κ2) is 8.09. The van der Waals surface area contributed by atoms with Gasteiger partial charge in [0, 0.05) is 48.3 Å². The van der Waals surface area contributed by atoms with Gasteiger partial charge in [0.25, 0.3) is 5.56 Å². The van der Waals surface area contributed by atoms with Crippen molar-refractivity contribution in [2.24, 2.45) is 12.0 Å². The van der Waals surface area contributed by atoms with E-state index in [2.05, 4.69) is 11.1 Å². The van der Waals surface area contributed by atoms with E-state index in [1.54, 1.807) is 50.6 Å². The van der Waals surface area contributed by atoms with E-state index >= 15 is 0 Å². The number of halogens is 1. The van der Waals surface area contributed by atoms with Crippen LogP contribution in [0.5, 0.6) is 11.5 Å². The van der Waals surface area contributed by atoms with Crippen molar-refractivity contribution in [3.05, 3.63) is 69.1 Å². The lowest BCUT2D eigenvalue weighted by Crippen LogP contribution is -2.23. The number of nitriles is 1. The minimum atomic E-state index is -0.271. The molecule has 0 aliphatic carbocycles. The summed E-state index contributed by atoms with van der Waals surface area (Å²) in [6, 6.07) is 11.9. The highest BCUT2D eigenvalue weighted by Gasteiger charge is 2.17. The number of ether oxygens (including phenoxy) is 1. The van der Waals surface area contributed by atoms with E-state index in [4.69, 9.17) is 27.8 Å². The van der Waals surface area contributed by atoms with Gasteiger partial charge in [-0.1, -0.05) is 11.6 Å². The normalized spacial score (nSPS) is 10.8. The van der Waals surface area contributed by atoms with Gasteiger partial charge in [0.05, 0.1) is 16.8 Å². The van der Waals surface area contributed by atoms with Crippen LogP contribution in [0.2, 0.25) is 5.02 Å². The molecule has 0 unspecified atom stereocenters. The number of nitrogen functional groups attached to an aromatic ring is 2. The van der Waals surface area contributed by atoms with Gasteiger partial charge in [0.1, 0.15) is 17.6 Å². The third-order valence-corrected chi connectivity index (χ3v) is 4.52. The predicted molar refractivity (Wildman–Crippen MR) is 116 cm³/mol. The van der Waals surface area contributed by atoms with Gasteiger partial charge in [-0.3, -0.25) is 9.79 Å². The quantitative estimate of drug-likeness (QED) is 0.506. The van der Waals surface area contributed by atoms with Crippen LogP contribution in [0.4, 0.5) is 11.4 Å². The summed E-state index contributed by atoms with van der Waals surface area (Å²) in [5, 5.41) is 9.80. The molecular weight excluding hydrogens is 390 g/mol. The molecule has 0 atom stereocenters. The van der Waals surface area contributed by atoms with Crippen LogP contribution in [0.3, 0.4) is 0 Å². The molecule has 0 bridgehead atoms. The molecule has 0 spiro atoms. The van der Waals surface area contributed by atoms with Gasteiger partial charge in [-0.25, -0.2) is 0 Å². The summed E-state index contributed by atoms with van der Waals surface area (Å²) >= 11 is 5.96. The molecule has 4 N–H and O–H groups in total. The molecule has 0 aliphatic heterocycles. The number of nitrogens with two attached hydrogens (primary N) is 2. The lowest BCUT2D eigenvalue weighted by Gasteiger charge is -2.16. The zero-order chi connectivity index (χ0) is 21.1. The van der Waals surface area contributed by atoms with Crippen LogP contribution in [-0.2, 0) is 7.05 Å². The average molecular weight is 408 g/mol. The van der Waals surface area contributed by atoms with Crippen molar-refractivity contribution in [1.82, 2.24) is 4.57 Å². The zero-order valence-electron chi connectivity index (χ0n) is 15.8. The summed E-state index contributed by atoms with van der Waals surface area (Å²) in [5.41, 5.74) is 14.4. The first-order chi connectivity index (χ1) is 13.8. The number of nitrogens with zero attached hydrogens (tertiary/aromatic N) is 3. The fraction of sp³-hybridized carbons (Fsp3) is 0.0952. The molecule has 3 rings (SSSR count). The van der Waals surface area contributed by atoms with Gasteiger partial charge in [0.2, 0.25) is 0 Å². The highest BCUT2D eigenvalue weighted by Crippen LogP contribution is 2.39. The Kier molecular flexibility index (Phi) is 5.57. The Morgan fingerprint density at radius 2 is 1.90 bits per heavy atom. The molecular formula is C21H18ClN5O2. The molecule has 0 radical (unpaired) electrons. The van der Waals surface area contributed by atoms with Gasteiger partial charge in [-0.2, -0.15) is 5.26 Å². The monoisotopic (exact) mass is 407 g/mol. The maximum atomic E-state index is 12.4. The summed E-state index contributed by atoms with van der Waals surface area (Å²) in [7, 11) is 3.18. The predicted octanol–water partition coefficient (Wildman–Crippen LogP) is 3.58. The summed E-state index contributed by atoms with van der Waals surface area (Å²) in [6.07, 6.45) is 3.03. The van der Waals surface area contributed by atoms with Crippen LogP contribution in [-0.4, -0.2) is 17.8 Å². The third-order valence-electron chi connectivity index (χ3n) is 4.29. The summed E-state index contributed by atoms with van der Waals surface area (Å²) < 4.78 is 7.42. The van der Waals surface area contributed by atoms with Crippen molar-refractivity contribution >= 4 is 29.2 Å². The standard InChI is InChI=1S/C21H18ClN5O2/c1-26-10-16-20(25)17(11-27(2)21(16)28)15-8-14(24)4-6-19(15)29-18-5-3-13(22)7-12(18)9-23/h3-8,10-11H,24-25H2,1-2H3. The van der Waals surface area contributed by atoms with Crippen molar-refractivity contribution in [2.45, 2.75) is 0 Å². The van der Waals surface area contributed by atoms with E-state index in [9.17, 15) is 10.1 Å². The minimum absolute atomic E-state index is 0.255. The number of aromatic nitrogens is 1. The first-order valence-electron chi connectivity index (χ1n) is 8.54. The smallest absolute Gasteiger partial charge is 0.261 e. The van der Waals surface area contributed by atoms with Crippen molar-refractivity contribution in [3.63, 3.8) is 0 Å². The van der Waals surface area contributed by atoms with E-state index < -0.39 is 0 Å². The Morgan fingerprint density at radius 3 is 2.59 bits per heavy atom. The molecule has 0 fully saturated rings. The number of hydrogen-bond donors (Lipinski definition) is 2. The van der Waals surface area contributed by atoms with Crippen LogP contribution in [0.15, 0.2) is 52.4 Å². The van der Waals surface area contributed by atoms with Crippen molar-refractivity contribution < 1.29 is 4.74 Å². The molecule has 29 heavy (non-hydrogen) atoms. The highest BCUT2D eigenvalue weighted by atomic mass is 35.5. The second-order valence-electron chi connectivity index (χ2n) is 6.28. The molecule has 8 heteroatoms. The highest BCUT2D eigenvalue weighted by molar-refractivity contribution is 6.30. The largest absolute Gasteiger partial charge is 0.455 e. The topological polar surface area (TPSA) is 119 Å². The molecule has 1 aromatic heterocycles. The Labute approximate surface area is 172 Å². The number of pyridine rings is 1. The van der Waals surface area contributed by atoms with Gasteiger partial charge < -0.3 is 20.8 Å². The van der Waals surface area contributed by atoms with E-state index in [1.807, 2.05) is 0 Å². The molecule has 146 valence electrons. The van der Waals surface area contributed by atoms with Crippen LogP contribution in [0, 0.1) is 11.3 Å². The first-order valence-corrected chi connectivity index (χ1v) is 8.92. The van der Waals surface area contributed by atoms with Gasteiger partial charge in [-0.15, -0.1) is 0 Å². The fourth-order valence-electron chi connectivity index (χ4n) is 2.88. The molecule has 1 heterocycles. The maximum Gasteiger partial charge on any atom is 0.261 e. The summed E-state index contributed by atoms with van der Waals surface area (Å²) in [6.45, 7) is 0. The maximum absolute atomic E-state index is 12.4. The number of rotatable bonds is 4. The Balaban J connectivity index is 2.22. The van der Waals surface area contributed by atoms with E-state index in [0.29, 0.717) is 33.3 Å². The van der Waals surface area contributed by atoms with Gasteiger partial charge in [0.15, 0.2) is 0 Å². The lowest BCUT2D eigenvalue weighted by atomic mass is 10.0. The number of aliphatic imine (C=N–C) groups is 1. The van der Waals surface area contributed by atoms with E-state index in [-0.39, 0.29) is 22.4 Å². The Hall–Kier alpha value is -3.76. The van der Waals surface area contributed by atoms with Crippen LogP contribution >= 0.6 is 11.6 Å². The van der Waals surface area contributed by atoms with Gasteiger partial charge >= 0.3 is 0 Å². The van der Waals surface area contributed by atoms with Gasteiger partial charge in [-0.05, 0) is 36.4 Å². The minimum Gasteiger partial charge on any atom is -0.455 e. The lowest BCUT2D eigenvalue weighted by molar-refractivity contribution is 0.483. The zero-order valence-corrected chi connectivity index (χ0v) is 16.6. The number of benzene rings is 2. The molecule has 0 saturated carbocycles. The number of anilines is 2. The van der Waals surface area contributed by atoms with E-state index in [0.717, 1.165) is 0 Å². The Morgan fingerprint density at radius 1 is 1.17 bits per heavy atom. The fourth-order valence-corrected chi connectivity index (χ4v) is 3.06. The van der Waals surface area contributed by atoms with E-state index in [1.165, 1.54) is 16.8 Å². The number of hydrogen-bond acceptors (Lipinski definition) is 6. The van der Waals surface area contributed by atoms with Crippen molar-refractivity contribution in [2.75, 3.05) is 18.5 Å². The average Bonchev–Trinajstić information content (AvgIpc) is 2.70. The van der Waals surface area contributed by atoms with Crippen LogP contribution in [0.1, 0.15) is 11.1 Å². The molecule has 3 aromatic rings. The van der Waals surface area contributed by atoms with Crippen LogP contribution < -0.4 is 21.8 Å². The van der Waals surface area contributed by atoms with Crippen molar-refractivity contribution in [3.8, 4) is 28.7 Å². The molecule has 0 amide bonds. The molecule has 0 aliphatic rings. The second-order valence-corrected chi connectivity index (χ2v) is 6.72. The third kappa shape index (κ3) is 3.93. The molecule has 2 aromatic carbocycles. The molecule has 0 saturated heterocycles. The SMILES string of the molecule is CN=Cc1c(N)c(-c2cc(N)ccc2Oc2ccc(Cl)cc2C#N)cn(C)c1=O. The first kappa shape index (κ1) is 20.0. The number of aryl methyl sites for hydroxylation is 1. The summed E-state index contributed by atoms with van der Waals surface area (Å²) in [4.78, 5) is 16.3. The van der Waals surface area contributed by atoms with Crippen molar-refractivity contribution in [1.29, 1.82) is 5.26 Å². The molecule has 7 nitrogen and oxygen atoms in total. The Bertz CT molecular complexity index is 1220. The summed E-state index contributed by atoms with van der Waals surface area (Å²) in [5.74, 6) is 0.754.